The molecule has 198 valence electrons. The molecule has 8 nitrogen and oxygen atoms in total. The van der Waals surface area contributed by atoms with Crippen LogP contribution in [-0.2, 0) is 17.5 Å². The summed E-state index contributed by atoms with van der Waals surface area (Å²) in [6, 6.07) is 10.7. The fraction of sp³-hybridized carbons (Fsp3) is 0.346. The number of amides is 2. The number of urea groups is 1. The summed E-state index contributed by atoms with van der Waals surface area (Å²) in [6.45, 7) is -0.669. The number of allylic oxidation sites excluding steroid dienone is 2. The van der Waals surface area contributed by atoms with E-state index in [1.165, 1.54) is 7.11 Å². The molecule has 4 rings (SSSR count). The Kier molecular flexibility index (Phi) is 8.12. The smallest absolute Gasteiger partial charge is 0.416 e. The SMILES string of the molecule is COc1c(CO)cc(C(F)(F)F)cc1NC(=O)N[C@H]1CC[C@H](OC2=CC=C(c3ccccc3)NN2)CC1. The summed E-state index contributed by atoms with van der Waals surface area (Å²) in [5.74, 6) is 0.583. The number of alkyl halides is 3. The average Bonchev–Trinajstić information content (AvgIpc) is 2.89. The highest BCUT2D eigenvalue weighted by molar-refractivity contribution is 5.91. The number of rotatable bonds is 7. The van der Waals surface area contributed by atoms with Gasteiger partial charge in [-0.05, 0) is 49.5 Å². The van der Waals surface area contributed by atoms with Gasteiger partial charge in [0.2, 0.25) is 5.88 Å². The molecule has 0 radical (unpaired) electrons. The van der Waals surface area contributed by atoms with Crippen molar-refractivity contribution in [3.05, 3.63) is 77.2 Å². The summed E-state index contributed by atoms with van der Waals surface area (Å²) in [5.41, 5.74) is 6.92. The molecular formula is C26H29F3N4O4. The predicted octanol–water partition coefficient (Wildman–Crippen LogP) is 4.65. The number of hydrogen-bond acceptors (Lipinski definition) is 6. The lowest BCUT2D eigenvalue weighted by molar-refractivity contribution is -0.137. The van der Waals surface area contributed by atoms with Gasteiger partial charge in [-0.2, -0.15) is 13.2 Å². The fourth-order valence-corrected chi connectivity index (χ4v) is 4.38. The normalized spacial score (nSPS) is 19.5. The van der Waals surface area contributed by atoms with E-state index >= 15 is 0 Å². The molecule has 2 aromatic rings. The first-order chi connectivity index (χ1) is 17.8. The van der Waals surface area contributed by atoms with E-state index in [0.29, 0.717) is 31.6 Å². The molecule has 5 N–H and O–H groups in total. The molecule has 0 saturated heterocycles. The zero-order valence-electron chi connectivity index (χ0n) is 20.2. The Labute approximate surface area is 212 Å². The monoisotopic (exact) mass is 518 g/mol. The third kappa shape index (κ3) is 6.67. The van der Waals surface area contributed by atoms with E-state index in [1.807, 2.05) is 42.5 Å². The maximum absolute atomic E-state index is 13.3. The van der Waals surface area contributed by atoms with Crippen molar-refractivity contribution in [3.8, 4) is 5.75 Å². The van der Waals surface area contributed by atoms with E-state index < -0.39 is 24.4 Å². The Morgan fingerprint density at radius 2 is 1.81 bits per heavy atom. The largest absolute Gasteiger partial charge is 0.494 e. The van der Waals surface area contributed by atoms with Gasteiger partial charge < -0.3 is 25.2 Å². The lowest BCUT2D eigenvalue weighted by Crippen LogP contribution is -2.42. The molecule has 2 aromatic carbocycles. The molecule has 0 aromatic heterocycles. The van der Waals surface area contributed by atoms with Crippen molar-refractivity contribution in [2.45, 2.75) is 50.6 Å². The molecule has 0 bridgehead atoms. The van der Waals surface area contributed by atoms with Crippen molar-refractivity contribution in [3.63, 3.8) is 0 Å². The number of ether oxygens (including phenoxy) is 2. The quantitative estimate of drug-likeness (QED) is 0.366. The van der Waals surface area contributed by atoms with Crippen molar-refractivity contribution in [1.82, 2.24) is 16.2 Å². The summed E-state index contributed by atoms with van der Waals surface area (Å²) in [7, 11) is 1.26. The maximum atomic E-state index is 13.3. The van der Waals surface area contributed by atoms with Crippen LogP contribution in [0.5, 0.6) is 5.75 Å². The van der Waals surface area contributed by atoms with Crippen LogP contribution in [0.15, 0.2) is 60.5 Å². The molecule has 1 saturated carbocycles. The first-order valence-electron chi connectivity index (χ1n) is 11.9. The van der Waals surface area contributed by atoms with Gasteiger partial charge in [-0.15, -0.1) is 0 Å². The van der Waals surface area contributed by atoms with Crippen LogP contribution in [0.4, 0.5) is 23.7 Å². The predicted molar refractivity (Wildman–Crippen MR) is 132 cm³/mol. The van der Waals surface area contributed by atoms with Gasteiger partial charge in [-0.1, -0.05) is 30.3 Å². The van der Waals surface area contributed by atoms with E-state index in [1.54, 1.807) is 0 Å². The highest BCUT2D eigenvalue weighted by atomic mass is 19.4. The number of hydrogen-bond donors (Lipinski definition) is 5. The molecule has 1 aliphatic carbocycles. The van der Waals surface area contributed by atoms with E-state index in [0.717, 1.165) is 23.4 Å². The second-order valence-electron chi connectivity index (χ2n) is 8.79. The van der Waals surface area contributed by atoms with E-state index in [2.05, 4.69) is 21.5 Å². The molecule has 2 aliphatic rings. The number of aliphatic hydroxyl groups is 1. The van der Waals surface area contributed by atoms with Crippen LogP contribution in [0, 0.1) is 0 Å². The summed E-state index contributed by atoms with van der Waals surface area (Å²) in [5, 5.41) is 14.7. The molecule has 1 heterocycles. The topological polar surface area (TPSA) is 104 Å². The summed E-state index contributed by atoms with van der Waals surface area (Å²) >= 11 is 0. The Balaban J connectivity index is 1.30. The molecule has 0 spiro atoms. The number of hydrazine groups is 1. The van der Waals surface area contributed by atoms with Crippen molar-refractivity contribution >= 4 is 17.4 Å². The molecule has 0 atom stereocenters. The minimum atomic E-state index is -4.64. The lowest BCUT2D eigenvalue weighted by Gasteiger charge is -2.31. The summed E-state index contributed by atoms with van der Waals surface area (Å²) in [6.07, 6.45) is 1.80. The minimum absolute atomic E-state index is 0.0194. The summed E-state index contributed by atoms with van der Waals surface area (Å²) < 4.78 is 50.9. The van der Waals surface area contributed by atoms with Crippen LogP contribution >= 0.6 is 0 Å². The van der Waals surface area contributed by atoms with Gasteiger partial charge in [0.15, 0.2) is 0 Å². The maximum Gasteiger partial charge on any atom is 0.416 e. The van der Waals surface area contributed by atoms with E-state index in [-0.39, 0.29) is 29.1 Å². The van der Waals surface area contributed by atoms with Crippen molar-refractivity contribution in [1.29, 1.82) is 0 Å². The Bertz CT molecular complexity index is 1160. The van der Waals surface area contributed by atoms with E-state index in [9.17, 15) is 23.1 Å². The fourth-order valence-electron chi connectivity index (χ4n) is 4.38. The second kappa shape index (κ2) is 11.5. The van der Waals surface area contributed by atoms with Crippen LogP contribution < -0.4 is 26.2 Å². The van der Waals surface area contributed by atoms with Crippen LogP contribution in [0.25, 0.3) is 5.70 Å². The zero-order chi connectivity index (χ0) is 26.4. The minimum Gasteiger partial charge on any atom is -0.494 e. The number of carbonyl (C=O) groups excluding carboxylic acids is 1. The van der Waals surface area contributed by atoms with Gasteiger partial charge in [-0.25, -0.2) is 4.79 Å². The number of carbonyl (C=O) groups is 1. The molecule has 1 fully saturated rings. The molecule has 37 heavy (non-hydrogen) atoms. The number of halogens is 3. The second-order valence-corrected chi connectivity index (χ2v) is 8.79. The first-order valence-corrected chi connectivity index (χ1v) is 11.9. The number of aliphatic hydroxyl groups excluding tert-OH is 1. The Morgan fingerprint density at radius 3 is 2.41 bits per heavy atom. The van der Waals surface area contributed by atoms with Crippen LogP contribution in [0.3, 0.4) is 0 Å². The zero-order valence-corrected chi connectivity index (χ0v) is 20.2. The standard InChI is InChI=1S/C26H29F3N4O4/c1-36-24-17(15-34)13-18(26(27,28)29)14-22(24)31-25(35)30-19-7-9-20(10-8-19)37-23-12-11-21(32-33-23)16-5-3-2-4-6-16/h2-6,11-14,19-20,32-34H,7-10,15H2,1H3,(H2,30,31,35)/t19-,20-. The van der Waals surface area contributed by atoms with Gasteiger partial charge >= 0.3 is 12.2 Å². The van der Waals surface area contributed by atoms with Crippen LogP contribution in [0.1, 0.15) is 42.4 Å². The number of nitrogens with one attached hydrogen (secondary N) is 4. The van der Waals surface area contributed by atoms with Gasteiger partial charge in [0.05, 0.1) is 30.7 Å². The van der Waals surface area contributed by atoms with Gasteiger partial charge in [0.1, 0.15) is 11.9 Å². The van der Waals surface area contributed by atoms with Gasteiger partial charge in [-0.3, -0.25) is 10.9 Å². The molecule has 11 heteroatoms. The van der Waals surface area contributed by atoms with Crippen LogP contribution in [0.2, 0.25) is 0 Å². The number of benzene rings is 2. The number of methoxy groups -OCH3 is 1. The molecule has 2 amide bonds. The Hall–Kier alpha value is -3.86. The summed E-state index contributed by atoms with van der Waals surface area (Å²) in [4.78, 5) is 12.6. The third-order valence-corrected chi connectivity index (χ3v) is 6.23. The molecular weight excluding hydrogens is 489 g/mol. The lowest BCUT2D eigenvalue weighted by atomic mass is 9.93. The highest BCUT2D eigenvalue weighted by Gasteiger charge is 2.33. The van der Waals surface area contributed by atoms with Crippen molar-refractivity contribution < 1.29 is 32.5 Å². The van der Waals surface area contributed by atoms with Gasteiger partial charge in [0, 0.05) is 17.7 Å². The highest BCUT2D eigenvalue weighted by Crippen LogP contribution is 2.38. The third-order valence-electron chi connectivity index (χ3n) is 6.23. The van der Waals surface area contributed by atoms with Crippen molar-refractivity contribution in [2.24, 2.45) is 0 Å². The number of anilines is 1. The molecule has 0 unspecified atom stereocenters. The molecule has 1 aliphatic heterocycles. The first kappa shape index (κ1) is 26.2. The van der Waals surface area contributed by atoms with E-state index in [4.69, 9.17) is 9.47 Å². The van der Waals surface area contributed by atoms with Crippen LogP contribution in [-0.4, -0.2) is 30.4 Å². The van der Waals surface area contributed by atoms with Crippen molar-refractivity contribution in [2.75, 3.05) is 12.4 Å². The van der Waals surface area contributed by atoms with Gasteiger partial charge in [0.25, 0.3) is 0 Å². The Morgan fingerprint density at radius 1 is 1.08 bits per heavy atom. The average molecular weight is 519 g/mol.